The van der Waals surface area contributed by atoms with Crippen LogP contribution in [0.3, 0.4) is 0 Å². The van der Waals surface area contributed by atoms with Gasteiger partial charge in [0.2, 0.25) is 15.9 Å². The van der Waals surface area contributed by atoms with Crippen LogP contribution < -0.4 is 4.72 Å². The van der Waals surface area contributed by atoms with E-state index in [4.69, 9.17) is 4.42 Å². The predicted molar refractivity (Wildman–Crippen MR) is 142 cm³/mol. The third-order valence-corrected chi connectivity index (χ3v) is 9.78. The zero-order valence-corrected chi connectivity index (χ0v) is 24.2. The van der Waals surface area contributed by atoms with Gasteiger partial charge < -0.3 is 9.52 Å². The van der Waals surface area contributed by atoms with Crippen molar-refractivity contribution in [2.75, 3.05) is 6.67 Å². The van der Waals surface area contributed by atoms with Crippen molar-refractivity contribution in [3.63, 3.8) is 0 Å². The average molecular weight is 619 g/mol. The number of alkyl halides is 3. The Kier molecular flexibility index (Phi) is 9.19. The molecule has 1 atom stereocenters. The first-order chi connectivity index (χ1) is 19.3. The quantitative estimate of drug-likeness (QED) is 0.224. The summed E-state index contributed by atoms with van der Waals surface area (Å²) in [6, 6.07) is 0.855. The lowest BCUT2D eigenvalue weighted by molar-refractivity contribution is -0.147. The number of rotatable bonds is 13. The molecular weight excluding hydrogens is 588 g/mol. The summed E-state index contributed by atoms with van der Waals surface area (Å²) >= 11 is 0.913. The number of carbonyl (C=O) groups is 1. The van der Waals surface area contributed by atoms with Crippen molar-refractivity contribution < 1.29 is 40.3 Å². The van der Waals surface area contributed by atoms with Crippen LogP contribution in [0.4, 0.5) is 17.6 Å². The van der Waals surface area contributed by atoms with E-state index in [9.17, 15) is 31.5 Å². The van der Waals surface area contributed by atoms with Gasteiger partial charge in [0.25, 0.3) is 12.3 Å². The van der Waals surface area contributed by atoms with Crippen molar-refractivity contribution in [3.8, 4) is 21.3 Å². The van der Waals surface area contributed by atoms with Crippen LogP contribution in [0.5, 0.6) is 0 Å². The molecular formula is C26H30F4N4O5S2. The van der Waals surface area contributed by atoms with Crippen molar-refractivity contribution in [3.05, 3.63) is 35.1 Å². The first-order valence-electron chi connectivity index (χ1n) is 13.0. The number of hydrogen-bond acceptors (Lipinski definition) is 8. The van der Waals surface area contributed by atoms with Gasteiger partial charge in [0, 0.05) is 12.0 Å². The Bertz CT molecular complexity index is 1520. The highest BCUT2D eigenvalue weighted by molar-refractivity contribution is 7.89. The third-order valence-electron chi connectivity index (χ3n) is 7.12. The summed E-state index contributed by atoms with van der Waals surface area (Å²) in [5.41, 5.74) is -2.12. The summed E-state index contributed by atoms with van der Waals surface area (Å²) in [6.07, 6.45) is -0.110. The topological polar surface area (TPSA) is 135 Å². The minimum atomic E-state index is -4.64. The van der Waals surface area contributed by atoms with Crippen LogP contribution >= 0.6 is 11.3 Å². The zero-order valence-electron chi connectivity index (χ0n) is 22.6. The van der Waals surface area contributed by atoms with Crippen LogP contribution in [0.25, 0.3) is 21.3 Å². The Morgan fingerprint density at radius 2 is 1.98 bits per heavy atom. The highest BCUT2D eigenvalue weighted by atomic mass is 32.2. The number of nitrogens with one attached hydrogen (secondary N) is 1. The fraction of sp³-hybridized carbons (Fsp3) is 0.538. The van der Waals surface area contributed by atoms with Crippen LogP contribution in [0.2, 0.25) is 0 Å². The van der Waals surface area contributed by atoms with Gasteiger partial charge in [-0.1, -0.05) is 32.3 Å². The first-order valence-corrected chi connectivity index (χ1v) is 15.3. The number of sulfonamides is 1. The zero-order chi connectivity index (χ0) is 30.1. The van der Waals surface area contributed by atoms with E-state index in [1.165, 1.54) is 20.8 Å². The van der Waals surface area contributed by atoms with Crippen molar-refractivity contribution >= 4 is 27.3 Å². The summed E-state index contributed by atoms with van der Waals surface area (Å²) in [4.78, 5) is 15.2. The van der Waals surface area contributed by atoms with Gasteiger partial charge in [-0.2, -0.15) is 0 Å². The molecule has 9 nitrogen and oxygen atoms in total. The molecule has 3 aromatic rings. The molecule has 224 valence electrons. The molecule has 0 spiro atoms. The van der Waals surface area contributed by atoms with Crippen LogP contribution in [0, 0.1) is 17.2 Å². The molecule has 0 amide bonds. The number of benzene rings is 1. The standard InChI is InChI=1S/C26H30F4N4O5S2/c1-4-14(12-27)34-41(37,38)17-9-8-15(19(20(17)28)22(29)30)21-16(10-13-6-5-7-13)31-24(40-21)23-33-32-18(39-23)11-26(2,3)25(35)36/h8-9,13-14,22,34H,4-7,10-12H2,1-3H3,(H,35,36)/t14-/m1/s1. The second-order valence-corrected chi connectivity index (χ2v) is 13.4. The lowest BCUT2D eigenvalue weighted by Gasteiger charge is -2.25. The number of thiazole rings is 1. The maximum atomic E-state index is 15.6. The average Bonchev–Trinajstić information content (AvgIpc) is 3.50. The summed E-state index contributed by atoms with van der Waals surface area (Å²) in [5.74, 6) is -2.45. The van der Waals surface area contributed by atoms with Gasteiger partial charge in [0.15, 0.2) is 10.8 Å². The van der Waals surface area contributed by atoms with Gasteiger partial charge in [0.05, 0.1) is 27.6 Å². The monoisotopic (exact) mass is 618 g/mol. The smallest absolute Gasteiger partial charge is 0.309 e. The van der Waals surface area contributed by atoms with Crippen LogP contribution in [-0.4, -0.2) is 47.4 Å². The fourth-order valence-electron chi connectivity index (χ4n) is 4.33. The van der Waals surface area contributed by atoms with E-state index in [0.29, 0.717) is 12.1 Å². The van der Waals surface area contributed by atoms with Crippen LogP contribution in [-0.2, 0) is 27.7 Å². The van der Waals surface area contributed by atoms with E-state index < -0.39 is 56.8 Å². The lowest BCUT2D eigenvalue weighted by Crippen LogP contribution is -2.36. The SMILES string of the molecule is CC[C@H](CF)NS(=O)(=O)c1ccc(-c2sc(-c3nnc(CC(C)(C)C(=O)O)o3)nc2CC2CCC2)c(C(F)F)c1F. The van der Waals surface area contributed by atoms with E-state index in [0.717, 1.165) is 42.7 Å². The summed E-state index contributed by atoms with van der Waals surface area (Å²) in [6.45, 7) is 3.48. The van der Waals surface area contributed by atoms with E-state index in [-0.39, 0.29) is 46.0 Å². The number of halogens is 4. The number of carboxylic acids is 1. The molecule has 2 heterocycles. The molecule has 2 N–H and O–H groups in total. The molecule has 41 heavy (non-hydrogen) atoms. The number of aromatic nitrogens is 3. The van der Waals surface area contributed by atoms with Crippen LogP contribution in [0.15, 0.2) is 21.4 Å². The van der Waals surface area contributed by atoms with E-state index in [2.05, 4.69) is 15.2 Å². The molecule has 0 unspecified atom stereocenters. The van der Waals surface area contributed by atoms with Gasteiger partial charge >= 0.3 is 5.97 Å². The Morgan fingerprint density at radius 1 is 1.27 bits per heavy atom. The molecule has 0 bridgehead atoms. The second kappa shape index (κ2) is 12.1. The van der Waals surface area contributed by atoms with Crippen molar-refractivity contribution in [1.82, 2.24) is 19.9 Å². The van der Waals surface area contributed by atoms with E-state index in [1.807, 2.05) is 4.72 Å². The van der Waals surface area contributed by atoms with Crippen molar-refractivity contribution in [1.29, 1.82) is 0 Å². The Balaban J connectivity index is 1.79. The molecule has 1 aliphatic carbocycles. The molecule has 0 saturated heterocycles. The maximum Gasteiger partial charge on any atom is 0.309 e. The summed E-state index contributed by atoms with van der Waals surface area (Å²) < 4.78 is 90.6. The largest absolute Gasteiger partial charge is 0.481 e. The minimum absolute atomic E-state index is 0.0460. The molecule has 0 aliphatic heterocycles. The third kappa shape index (κ3) is 6.61. The molecule has 1 fully saturated rings. The van der Waals surface area contributed by atoms with Crippen molar-refractivity contribution in [2.45, 2.75) is 76.7 Å². The van der Waals surface area contributed by atoms with Gasteiger partial charge in [-0.15, -0.1) is 21.5 Å². The number of aliphatic carboxylic acids is 1. The number of nitrogens with zero attached hydrogens (tertiary/aromatic N) is 3. The number of hydrogen-bond donors (Lipinski definition) is 2. The highest BCUT2D eigenvalue weighted by Gasteiger charge is 2.33. The molecule has 4 rings (SSSR count). The van der Waals surface area contributed by atoms with Crippen LogP contribution in [0.1, 0.15) is 70.0 Å². The molecule has 0 radical (unpaired) electrons. The van der Waals surface area contributed by atoms with E-state index >= 15 is 4.39 Å². The first kappa shape index (κ1) is 31.0. The minimum Gasteiger partial charge on any atom is -0.481 e. The Morgan fingerprint density at radius 3 is 2.54 bits per heavy atom. The number of carboxylic acid groups (broad SMARTS) is 1. The maximum absolute atomic E-state index is 15.6. The summed E-state index contributed by atoms with van der Waals surface area (Å²) in [7, 11) is -4.64. The fourth-order valence-corrected chi connectivity index (χ4v) is 6.77. The predicted octanol–water partition coefficient (Wildman–Crippen LogP) is 5.96. The molecule has 1 aliphatic rings. The molecule has 1 aromatic carbocycles. The van der Waals surface area contributed by atoms with Gasteiger partial charge in [-0.3, -0.25) is 4.79 Å². The van der Waals surface area contributed by atoms with E-state index in [1.54, 1.807) is 0 Å². The molecule has 1 saturated carbocycles. The van der Waals surface area contributed by atoms with Crippen molar-refractivity contribution in [2.24, 2.45) is 11.3 Å². The Labute approximate surface area is 238 Å². The molecule has 15 heteroatoms. The second-order valence-electron chi connectivity index (χ2n) is 10.7. The van der Waals surface area contributed by atoms with Gasteiger partial charge in [0.1, 0.15) is 11.6 Å². The summed E-state index contributed by atoms with van der Waals surface area (Å²) in [5, 5.41) is 17.4. The molecule has 2 aromatic heterocycles. The lowest BCUT2D eigenvalue weighted by atomic mass is 9.81. The highest BCUT2D eigenvalue weighted by Crippen LogP contribution is 2.44. The van der Waals surface area contributed by atoms with Gasteiger partial charge in [-0.05, 0) is 38.7 Å². The Hall–Kier alpha value is -2.91. The van der Waals surface area contributed by atoms with Gasteiger partial charge in [-0.25, -0.2) is 35.7 Å². The normalized spacial score (nSPS) is 15.3.